The third-order valence-corrected chi connectivity index (χ3v) is 6.35. The normalized spacial score (nSPS) is 15.9. The standard InChI is InChI=1S/C25H26FN9O.ClH/c26-19-15-30-25(32-22-4-2-18(14-29-22)34-7-5-27-6-8-34)33-24(19)17-1-3-20-21(13-17)31-23(16-28-20)35-9-11-36-12-10-35;/h1-4,13-16,27H,5-12H2,(H,29,30,32,33);1H. The van der Waals surface area contributed by atoms with Gasteiger partial charge in [0.05, 0.1) is 48.5 Å². The van der Waals surface area contributed by atoms with Crippen LogP contribution in [-0.2, 0) is 4.74 Å². The molecule has 1 aromatic carbocycles. The molecule has 2 N–H and O–H groups in total. The van der Waals surface area contributed by atoms with Crippen molar-refractivity contribution in [2.75, 3.05) is 67.6 Å². The van der Waals surface area contributed by atoms with E-state index in [1.165, 1.54) is 6.20 Å². The van der Waals surface area contributed by atoms with Gasteiger partial charge in [-0.2, -0.15) is 0 Å². The largest absolute Gasteiger partial charge is 0.378 e. The van der Waals surface area contributed by atoms with Crippen molar-refractivity contribution in [2.45, 2.75) is 0 Å². The fraction of sp³-hybridized carbons (Fsp3) is 0.320. The van der Waals surface area contributed by atoms with Crippen LogP contribution in [0.25, 0.3) is 22.3 Å². The first-order valence-corrected chi connectivity index (χ1v) is 12.0. The molecule has 2 aliphatic rings. The topological polar surface area (TPSA) is 104 Å². The van der Waals surface area contributed by atoms with E-state index in [0.717, 1.165) is 56.3 Å². The van der Waals surface area contributed by atoms with Gasteiger partial charge in [-0.25, -0.2) is 24.3 Å². The van der Waals surface area contributed by atoms with E-state index in [1.807, 2.05) is 30.5 Å². The summed E-state index contributed by atoms with van der Waals surface area (Å²) in [6.45, 7) is 6.66. The summed E-state index contributed by atoms with van der Waals surface area (Å²) in [4.78, 5) is 26.7. The van der Waals surface area contributed by atoms with Gasteiger partial charge in [-0.3, -0.25) is 4.98 Å². The van der Waals surface area contributed by atoms with Crippen LogP contribution in [0.3, 0.4) is 0 Å². The van der Waals surface area contributed by atoms with Crippen LogP contribution >= 0.6 is 12.4 Å². The SMILES string of the molecule is Cl.Fc1cnc(Nc2ccc(N3CCNCC3)cn2)nc1-c1ccc2ncc(N3CCOCC3)nc2c1. The average Bonchev–Trinajstić information content (AvgIpc) is 2.95. The lowest BCUT2D eigenvalue weighted by Gasteiger charge is -2.29. The van der Waals surface area contributed by atoms with Gasteiger partial charge in [-0.15, -0.1) is 12.4 Å². The van der Waals surface area contributed by atoms with Crippen LogP contribution in [0.2, 0.25) is 0 Å². The minimum atomic E-state index is -0.515. The molecule has 2 aliphatic heterocycles. The van der Waals surface area contributed by atoms with Crippen molar-refractivity contribution in [3.63, 3.8) is 0 Å². The number of pyridine rings is 1. The number of piperazine rings is 1. The first kappa shape index (κ1) is 25.0. The molecule has 5 heterocycles. The highest BCUT2D eigenvalue weighted by molar-refractivity contribution is 5.85. The van der Waals surface area contributed by atoms with Gasteiger partial charge < -0.3 is 25.2 Å². The van der Waals surface area contributed by atoms with E-state index in [0.29, 0.717) is 30.1 Å². The molecule has 37 heavy (non-hydrogen) atoms. The number of nitrogens with one attached hydrogen (secondary N) is 2. The molecular formula is C25H27ClFN9O. The maximum absolute atomic E-state index is 14.8. The van der Waals surface area contributed by atoms with Gasteiger partial charge in [0.25, 0.3) is 0 Å². The zero-order valence-corrected chi connectivity index (χ0v) is 20.9. The van der Waals surface area contributed by atoms with Gasteiger partial charge in [0, 0.05) is 44.8 Å². The Morgan fingerprint density at radius 2 is 1.68 bits per heavy atom. The molecule has 12 heteroatoms. The van der Waals surface area contributed by atoms with Crippen molar-refractivity contribution in [3.8, 4) is 11.3 Å². The number of benzene rings is 1. The number of aromatic nitrogens is 5. The second kappa shape index (κ2) is 11.2. The smallest absolute Gasteiger partial charge is 0.229 e. The predicted molar refractivity (Wildman–Crippen MR) is 143 cm³/mol. The molecule has 0 spiro atoms. The second-order valence-electron chi connectivity index (χ2n) is 8.68. The second-order valence-corrected chi connectivity index (χ2v) is 8.68. The Hall–Kier alpha value is -3.67. The van der Waals surface area contributed by atoms with E-state index in [9.17, 15) is 4.39 Å². The van der Waals surface area contributed by atoms with E-state index in [2.05, 4.69) is 40.4 Å². The third-order valence-electron chi connectivity index (χ3n) is 6.35. The zero-order chi connectivity index (χ0) is 24.3. The summed E-state index contributed by atoms with van der Waals surface area (Å²) in [5, 5.41) is 6.43. The average molecular weight is 524 g/mol. The summed E-state index contributed by atoms with van der Waals surface area (Å²) in [5.74, 6) is 1.12. The van der Waals surface area contributed by atoms with Crippen molar-refractivity contribution in [2.24, 2.45) is 0 Å². The number of ether oxygens (including phenoxy) is 1. The van der Waals surface area contributed by atoms with Crippen molar-refractivity contribution in [1.29, 1.82) is 0 Å². The van der Waals surface area contributed by atoms with Crippen molar-refractivity contribution in [3.05, 3.63) is 54.7 Å². The van der Waals surface area contributed by atoms with Crippen molar-refractivity contribution < 1.29 is 9.13 Å². The third kappa shape index (κ3) is 5.53. The first-order valence-electron chi connectivity index (χ1n) is 12.0. The molecule has 0 bridgehead atoms. The van der Waals surface area contributed by atoms with Crippen molar-refractivity contribution in [1.82, 2.24) is 30.2 Å². The van der Waals surface area contributed by atoms with E-state index >= 15 is 0 Å². The highest BCUT2D eigenvalue weighted by Gasteiger charge is 2.16. The molecule has 0 atom stereocenters. The van der Waals surface area contributed by atoms with Gasteiger partial charge in [0.2, 0.25) is 5.95 Å². The van der Waals surface area contributed by atoms with Crippen LogP contribution < -0.4 is 20.4 Å². The van der Waals surface area contributed by atoms with Crippen LogP contribution in [0.15, 0.2) is 48.9 Å². The zero-order valence-electron chi connectivity index (χ0n) is 20.1. The highest BCUT2D eigenvalue weighted by Crippen LogP contribution is 2.26. The Morgan fingerprint density at radius 3 is 2.46 bits per heavy atom. The molecule has 3 aromatic heterocycles. The summed E-state index contributed by atoms with van der Waals surface area (Å²) in [6.07, 6.45) is 4.76. The number of halogens is 2. The Bertz CT molecular complexity index is 1360. The number of fused-ring (bicyclic) bond motifs is 1. The Labute approximate surface area is 219 Å². The van der Waals surface area contributed by atoms with E-state index < -0.39 is 5.82 Å². The molecular weight excluding hydrogens is 497 g/mol. The lowest BCUT2D eigenvalue weighted by Crippen LogP contribution is -2.43. The number of hydrogen-bond donors (Lipinski definition) is 2. The van der Waals surface area contributed by atoms with Crippen LogP contribution in [-0.4, -0.2) is 77.4 Å². The molecule has 10 nitrogen and oxygen atoms in total. The molecule has 0 amide bonds. The molecule has 0 aliphatic carbocycles. The van der Waals surface area contributed by atoms with Crippen LogP contribution in [0.1, 0.15) is 0 Å². The summed E-state index contributed by atoms with van der Waals surface area (Å²) in [6, 6.07) is 9.32. The lowest BCUT2D eigenvalue weighted by molar-refractivity contribution is 0.122. The number of morpholine rings is 1. The number of anilines is 4. The fourth-order valence-corrected chi connectivity index (χ4v) is 4.41. The molecule has 192 valence electrons. The maximum atomic E-state index is 14.8. The Kier molecular flexibility index (Phi) is 7.54. The number of hydrogen-bond acceptors (Lipinski definition) is 10. The van der Waals surface area contributed by atoms with Gasteiger partial charge in [-0.05, 0) is 24.3 Å². The fourth-order valence-electron chi connectivity index (χ4n) is 4.41. The molecule has 0 saturated carbocycles. The lowest BCUT2D eigenvalue weighted by atomic mass is 10.1. The molecule has 4 aromatic rings. The van der Waals surface area contributed by atoms with Gasteiger partial charge in [0.15, 0.2) is 5.82 Å². The minimum Gasteiger partial charge on any atom is -0.378 e. The van der Waals surface area contributed by atoms with Gasteiger partial charge >= 0.3 is 0 Å². The summed E-state index contributed by atoms with van der Waals surface area (Å²) < 4.78 is 20.2. The first-order chi connectivity index (χ1) is 17.7. The highest BCUT2D eigenvalue weighted by atomic mass is 35.5. The molecule has 0 radical (unpaired) electrons. The van der Waals surface area contributed by atoms with Crippen LogP contribution in [0.4, 0.5) is 27.7 Å². The van der Waals surface area contributed by atoms with Gasteiger partial charge in [0.1, 0.15) is 17.3 Å². The van der Waals surface area contributed by atoms with Crippen LogP contribution in [0, 0.1) is 5.82 Å². The van der Waals surface area contributed by atoms with Gasteiger partial charge in [-0.1, -0.05) is 6.07 Å². The Balaban J connectivity index is 0.00000280. The predicted octanol–water partition coefficient (Wildman–Crippen LogP) is 3.03. The molecule has 2 saturated heterocycles. The van der Waals surface area contributed by atoms with E-state index in [4.69, 9.17) is 9.72 Å². The molecule has 2 fully saturated rings. The van der Waals surface area contributed by atoms with Crippen LogP contribution in [0.5, 0.6) is 0 Å². The van der Waals surface area contributed by atoms with E-state index in [1.54, 1.807) is 12.3 Å². The van der Waals surface area contributed by atoms with Crippen molar-refractivity contribution >= 4 is 46.7 Å². The quantitative estimate of drug-likeness (QED) is 0.405. The number of nitrogens with zero attached hydrogens (tertiary/aromatic N) is 7. The summed E-state index contributed by atoms with van der Waals surface area (Å²) >= 11 is 0. The summed E-state index contributed by atoms with van der Waals surface area (Å²) in [5.41, 5.74) is 3.26. The number of rotatable bonds is 5. The maximum Gasteiger partial charge on any atom is 0.229 e. The van der Waals surface area contributed by atoms with E-state index in [-0.39, 0.29) is 24.0 Å². The summed E-state index contributed by atoms with van der Waals surface area (Å²) in [7, 11) is 0. The molecule has 6 rings (SSSR count). The monoisotopic (exact) mass is 523 g/mol. The minimum absolute atomic E-state index is 0. The Morgan fingerprint density at radius 1 is 0.838 bits per heavy atom. The molecule has 0 unspecified atom stereocenters.